The number of anilines is 2. The molecule has 23 heavy (non-hydrogen) atoms. The molecule has 118 valence electrons. The molecule has 5 heteroatoms. The number of benzene rings is 1. The first kappa shape index (κ1) is 15.2. The Labute approximate surface area is 135 Å². The number of aryl methyl sites for hydroxylation is 2. The molecule has 1 aromatic heterocycles. The highest BCUT2D eigenvalue weighted by Crippen LogP contribution is 2.27. The van der Waals surface area contributed by atoms with E-state index >= 15 is 0 Å². The fraction of sp³-hybridized carbons (Fsp3) is 0.278. The molecule has 1 aliphatic heterocycles. The monoisotopic (exact) mass is 309 g/mol. The summed E-state index contributed by atoms with van der Waals surface area (Å²) in [6.45, 7) is 4.42. The molecule has 1 aromatic carbocycles. The summed E-state index contributed by atoms with van der Waals surface area (Å²) in [5.74, 6) is -0.474. The molecule has 0 aliphatic carbocycles. The van der Waals surface area contributed by atoms with Crippen molar-refractivity contribution in [1.29, 1.82) is 0 Å². The number of aromatic nitrogens is 1. The third-order valence-corrected chi connectivity index (χ3v) is 3.96. The third-order valence-electron chi connectivity index (χ3n) is 3.96. The average molecular weight is 309 g/mol. The molecule has 0 radical (unpaired) electrons. The van der Waals surface area contributed by atoms with Crippen molar-refractivity contribution in [2.24, 2.45) is 5.92 Å². The van der Waals surface area contributed by atoms with Gasteiger partial charge < -0.3 is 10.2 Å². The zero-order valence-electron chi connectivity index (χ0n) is 13.2. The van der Waals surface area contributed by atoms with Crippen molar-refractivity contribution in [2.75, 3.05) is 16.8 Å². The fourth-order valence-electron chi connectivity index (χ4n) is 2.92. The Bertz CT molecular complexity index is 723. The quantitative estimate of drug-likeness (QED) is 0.948. The maximum Gasteiger partial charge on any atom is 0.229 e. The summed E-state index contributed by atoms with van der Waals surface area (Å²) in [6, 6.07) is 9.49. The van der Waals surface area contributed by atoms with Gasteiger partial charge in [0.15, 0.2) is 0 Å². The van der Waals surface area contributed by atoms with Crippen LogP contribution >= 0.6 is 0 Å². The van der Waals surface area contributed by atoms with E-state index in [9.17, 15) is 9.59 Å². The van der Waals surface area contributed by atoms with Gasteiger partial charge in [-0.15, -0.1) is 0 Å². The summed E-state index contributed by atoms with van der Waals surface area (Å²) >= 11 is 0. The molecule has 1 saturated heterocycles. The van der Waals surface area contributed by atoms with Crippen LogP contribution < -0.4 is 10.2 Å². The van der Waals surface area contributed by atoms with Gasteiger partial charge in [-0.1, -0.05) is 6.07 Å². The second-order valence-electron chi connectivity index (χ2n) is 5.98. The third kappa shape index (κ3) is 3.39. The number of carbonyl (C=O) groups excluding carboxylic acids is 2. The van der Waals surface area contributed by atoms with Crippen molar-refractivity contribution < 1.29 is 9.59 Å². The van der Waals surface area contributed by atoms with Crippen LogP contribution in [0.4, 0.5) is 11.4 Å². The highest BCUT2D eigenvalue weighted by Gasteiger charge is 2.35. The lowest BCUT2D eigenvalue weighted by atomic mass is 10.1. The van der Waals surface area contributed by atoms with Gasteiger partial charge in [-0.2, -0.15) is 0 Å². The fourth-order valence-corrected chi connectivity index (χ4v) is 2.92. The summed E-state index contributed by atoms with van der Waals surface area (Å²) in [7, 11) is 0. The first-order chi connectivity index (χ1) is 11.0. The highest BCUT2D eigenvalue weighted by molar-refractivity contribution is 6.03. The molecule has 0 bridgehead atoms. The standard InChI is InChI=1S/C18H19N3O2/c1-12-7-13(2)9-16(8-12)21-11-14(10-17(21)22)18(23)20-15-3-5-19-6-4-15/h3-9,14H,10-11H2,1-2H3,(H,19,20,23). The Morgan fingerprint density at radius 2 is 1.83 bits per heavy atom. The molecule has 1 unspecified atom stereocenters. The van der Waals surface area contributed by atoms with Gasteiger partial charge in [0.1, 0.15) is 0 Å². The molecule has 3 rings (SSSR count). The van der Waals surface area contributed by atoms with Crippen LogP contribution in [0.1, 0.15) is 17.5 Å². The highest BCUT2D eigenvalue weighted by atomic mass is 16.2. The summed E-state index contributed by atoms with van der Waals surface area (Å²) < 4.78 is 0. The van der Waals surface area contributed by atoms with Gasteiger partial charge in [-0.05, 0) is 49.2 Å². The van der Waals surface area contributed by atoms with Gasteiger partial charge in [-0.3, -0.25) is 14.6 Å². The van der Waals surface area contributed by atoms with E-state index in [4.69, 9.17) is 0 Å². The maximum absolute atomic E-state index is 12.4. The number of hydrogen-bond donors (Lipinski definition) is 1. The van der Waals surface area contributed by atoms with Crippen molar-refractivity contribution in [1.82, 2.24) is 4.98 Å². The summed E-state index contributed by atoms with van der Waals surface area (Å²) in [5.41, 5.74) is 3.78. The Morgan fingerprint density at radius 1 is 1.17 bits per heavy atom. The molecule has 0 saturated carbocycles. The number of nitrogens with one attached hydrogen (secondary N) is 1. The molecular weight excluding hydrogens is 290 g/mol. The Hall–Kier alpha value is -2.69. The van der Waals surface area contributed by atoms with Gasteiger partial charge in [0.2, 0.25) is 11.8 Å². The van der Waals surface area contributed by atoms with E-state index in [2.05, 4.69) is 16.4 Å². The lowest BCUT2D eigenvalue weighted by molar-refractivity contribution is -0.122. The zero-order chi connectivity index (χ0) is 16.4. The minimum Gasteiger partial charge on any atom is -0.326 e. The Balaban J connectivity index is 1.73. The van der Waals surface area contributed by atoms with E-state index in [0.29, 0.717) is 12.2 Å². The smallest absolute Gasteiger partial charge is 0.229 e. The largest absolute Gasteiger partial charge is 0.326 e. The summed E-state index contributed by atoms with van der Waals surface area (Å²) in [6.07, 6.45) is 3.48. The van der Waals surface area contributed by atoms with E-state index in [1.165, 1.54) is 0 Å². The average Bonchev–Trinajstić information content (AvgIpc) is 2.89. The number of rotatable bonds is 3. The number of carbonyl (C=O) groups is 2. The topological polar surface area (TPSA) is 62.3 Å². The van der Waals surface area contributed by atoms with E-state index in [-0.39, 0.29) is 24.2 Å². The normalized spacial score (nSPS) is 17.4. The van der Waals surface area contributed by atoms with Crippen LogP contribution in [-0.2, 0) is 9.59 Å². The molecule has 2 heterocycles. The first-order valence-electron chi connectivity index (χ1n) is 7.62. The van der Waals surface area contributed by atoms with Crippen LogP contribution in [-0.4, -0.2) is 23.3 Å². The van der Waals surface area contributed by atoms with Crippen LogP contribution in [0.5, 0.6) is 0 Å². The lowest BCUT2D eigenvalue weighted by Gasteiger charge is -2.18. The van der Waals surface area contributed by atoms with E-state index in [1.54, 1.807) is 29.4 Å². The number of pyridine rings is 1. The first-order valence-corrected chi connectivity index (χ1v) is 7.62. The zero-order valence-corrected chi connectivity index (χ0v) is 13.2. The molecular formula is C18H19N3O2. The number of hydrogen-bond acceptors (Lipinski definition) is 3. The predicted octanol–water partition coefficient (Wildman–Crippen LogP) is 2.69. The lowest BCUT2D eigenvalue weighted by Crippen LogP contribution is -2.28. The van der Waals surface area contributed by atoms with Crippen molar-refractivity contribution in [3.8, 4) is 0 Å². The minimum absolute atomic E-state index is 0.00937. The Kier molecular flexibility index (Phi) is 4.10. The van der Waals surface area contributed by atoms with Gasteiger partial charge in [-0.25, -0.2) is 0 Å². The van der Waals surface area contributed by atoms with Gasteiger partial charge in [0.05, 0.1) is 5.92 Å². The van der Waals surface area contributed by atoms with Crippen LogP contribution in [0.15, 0.2) is 42.7 Å². The maximum atomic E-state index is 12.4. The van der Waals surface area contributed by atoms with Crippen molar-refractivity contribution in [3.63, 3.8) is 0 Å². The molecule has 2 amide bonds. The molecule has 5 nitrogen and oxygen atoms in total. The summed E-state index contributed by atoms with van der Waals surface area (Å²) in [4.78, 5) is 30.3. The second kappa shape index (κ2) is 6.20. The van der Waals surface area contributed by atoms with Crippen molar-refractivity contribution in [2.45, 2.75) is 20.3 Å². The van der Waals surface area contributed by atoms with Gasteiger partial charge in [0, 0.05) is 36.7 Å². The van der Waals surface area contributed by atoms with E-state index in [1.807, 2.05) is 26.0 Å². The predicted molar refractivity (Wildman–Crippen MR) is 89.2 cm³/mol. The SMILES string of the molecule is Cc1cc(C)cc(N2CC(C(=O)Nc3ccncc3)CC2=O)c1. The molecule has 1 N–H and O–H groups in total. The molecule has 1 fully saturated rings. The summed E-state index contributed by atoms with van der Waals surface area (Å²) in [5, 5.41) is 2.84. The Morgan fingerprint density at radius 3 is 2.48 bits per heavy atom. The van der Waals surface area contributed by atoms with Crippen LogP contribution in [0.25, 0.3) is 0 Å². The van der Waals surface area contributed by atoms with Gasteiger partial charge in [0.25, 0.3) is 0 Å². The van der Waals surface area contributed by atoms with Crippen LogP contribution in [0, 0.1) is 19.8 Å². The van der Waals surface area contributed by atoms with Crippen molar-refractivity contribution in [3.05, 3.63) is 53.9 Å². The molecule has 2 aromatic rings. The molecule has 0 spiro atoms. The number of amides is 2. The van der Waals surface area contributed by atoms with E-state index in [0.717, 1.165) is 16.8 Å². The van der Waals surface area contributed by atoms with Crippen molar-refractivity contribution >= 4 is 23.2 Å². The number of nitrogens with zero attached hydrogens (tertiary/aromatic N) is 2. The van der Waals surface area contributed by atoms with Crippen LogP contribution in [0.2, 0.25) is 0 Å². The van der Waals surface area contributed by atoms with Gasteiger partial charge >= 0.3 is 0 Å². The minimum atomic E-state index is -0.337. The van der Waals surface area contributed by atoms with E-state index < -0.39 is 0 Å². The van der Waals surface area contributed by atoms with Crippen LogP contribution in [0.3, 0.4) is 0 Å². The molecule has 1 aliphatic rings. The second-order valence-corrected chi connectivity index (χ2v) is 5.98. The molecule has 1 atom stereocenters.